The summed E-state index contributed by atoms with van der Waals surface area (Å²) < 4.78 is 0. The zero-order chi connectivity index (χ0) is 22.5. The van der Waals surface area contributed by atoms with Gasteiger partial charge in [0.05, 0.1) is 6.04 Å². The van der Waals surface area contributed by atoms with Crippen LogP contribution in [0, 0.1) is 0 Å². The molecule has 0 saturated carbocycles. The molecule has 1 N–H and O–H groups in total. The van der Waals surface area contributed by atoms with Crippen molar-refractivity contribution in [1.29, 1.82) is 0 Å². The van der Waals surface area contributed by atoms with Gasteiger partial charge in [-0.15, -0.1) is 12.4 Å². The van der Waals surface area contributed by atoms with E-state index in [-0.39, 0.29) is 24.4 Å². The molecule has 4 aromatic carbocycles. The van der Waals surface area contributed by atoms with Gasteiger partial charge in [0, 0.05) is 10.6 Å². The fraction of sp³-hybridized carbons (Fsp3) is 0.179. The molecule has 33 heavy (non-hydrogen) atoms. The van der Waals surface area contributed by atoms with E-state index < -0.39 is 0 Å². The number of halogens is 2. The Bertz CT molecular complexity index is 1220. The zero-order valence-corrected chi connectivity index (χ0v) is 20.4. The molecule has 4 rings (SSSR count). The van der Waals surface area contributed by atoms with Gasteiger partial charge in [-0.05, 0) is 84.9 Å². The minimum absolute atomic E-state index is 0. The second-order valence-corrected chi connectivity index (χ2v) is 8.75. The lowest BCUT2D eigenvalue weighted by molar-refractivity contribution is 0.0933. The topological polar surface area (TPSA) is 32.3 Å². The summed E-state index contributed by atoms with van der Waals surface area (Å²) in [5.74, 6) is -0.0715. The number of benzene rings is 4. The van der Waals surface area contributed by atoms with E-state index in [1.807, 2.05) is 60.7 Å². The highest BCUT2D eigenvalue weighted by Crippen LogP contribution is 2.25. The van der Waals surface area contributed by atoms with Crippen LogP contribution in [0.2, 0.25) is 5.02 Å². The Hall–Kier alpha value is -2.85. The fourth-order valence-corrected chi connectivity index (χ4v) is 3.98. The third kappa shape index (κ3) is 6.35. The molecule has 0 heterocycles. The molecular weight excluding hydrogens is 451 g/mol. The molecule has 0 aromatic heterocycles. The number of hydrogen-bond donors (Lipinski definition) is 1. The van der Waals surface area contributed by atoms with Crippen molar-refractivity contribution in [3.63, 3.8) is 0 Å². The highest BCUT2D eigenvalue weighted by atomic mass is 35.5. The van der Waals surface area contributed by atoms with Gasteiger partial charge in [-0.1, -0.05) is 72.3 Å². The molecule has 5 heteroatoms. The summed E-state index contributed by atoms with van der Waals surface area (Å²) >= 11 is 6.02. The van der Waals surface area contributed by atoms with Crippen LogP contribution in [0.25, 0.3) is 21.9 Å². The molecule has 0 spiro atoms. The van der Waals surface area contributed by atoms with E-state index >= 15 is 0 Å². The van der Waals surface area contributed by atoms with Gasteiger partial charge in [-0.2, -0.15) is 0 Å². The van der Waals surface area contributed by atoms with Crippen LogP contribution in [0.4, 0.5) is 0 Å². The average Bonchev–Trinajstić information content (AvgIpc) is 2.81. The van der Waals surface area contributed by atoms with Gasteiger partial charge in [-0.25, -0.2) is 0 Å². The monoisotopic (exact) mass is 478 g/mol. The molecule has 4 aromatic rings. The van der Waals surface area contributed by atoms with E-state index in [0.717, 1.165) is 29.7 Å². The molecule has 0 aliphatic heterocycles. The molecule has 3 nitrogen and oxygen atoms in total. The van der Waals surface area contributed by atoms with Crippen molar-refractivity contribution in [3.8, 4) is 11.1 Å². The molecule has 0 fully saturated rings. The maximum atomic E-state index is 13.2. The Balaban J connectivity index is 0.00000306. The quantitative estimate of drug-likeness (QED) is 0.309. The second-order valence-electron chi connectivity index (χ2n) is 8.31. The standard InChI is InChI=1S/C28H27ClN2O.ClH/c1-31(2)17-16-27(24-11-10-20-6-3-4-7-22(20)18-24)30-28(32)25-9-5-8-23(19-25)21-12-14-26(29)15-13-21;/h3-15,18-19,27H,16-17H2,1-2H3,(H,30,32);1H. The van der Waals surface area contributed by atoms with Crippen molar-refractivity contribution in [2.75, 3.05) is 20.6 Å². The Morgan fingerprint density at radius 3 is 2.30 bits per heavy atom. The van der Waals surface area contributed by atoms with E-state index in [1.165, 1.54) is 10.8 Å². The van der Waals surface area contributed by atoms with E-state index in [9.17, 15) is 4.79 Å². The lowest BCUT2D eigenvalue weighted by Gasteiger charge is -2.22. The first kappa shape index (κ1) is 24.8. The maximum Gasteiger partial charge on any atom is 0.251 e. The summed E-state index contributed by atoms with van der Waals surface area (Å²) in [6.45, 7) is 0.878. The summed E-state index contributed by atoms with van der Waals surface area (Å²) in [6, 6.07) is 30.0. The lowest BCUT2D eigenvalue weighted by atomic mass is 9.98. The first-order valence-electron chi connectivity index (χ1n) is 10.8. The molecule has 0 aliphatic rings. The third-order valence-electron chi connectivity index (χ3n) is 5.65. The van der Waals surface area contributed by atoms with Crippen LogP contribution in [0.1, 0.15) is 28.4 Å². The number of fused-ring (bicyclic) bond motifs is 1. The van der Waals surface area contributed by atoms with Gasteiger partial charge in [0.15, 0.2) is 0 Å². The summed E-state index contributed by atoms with van der Waals surface area (Å²) in [5.41, 5.74) is 3.79. The summed E-state index contributed by atoms with van der Waals surface area (Å²) in [6.07, 6.45) is 0.827. The van der Waals surface area contributed by atoms with Gasteiger partial charge < -0.3 is 10.2 Å². The summed E-state index contributed by atoms with van der Waals surface area (Å²) in [4.78, 5) is 15.4. The molecule has 0 radical (unpaired) electrons. The van der Waals surface area contributed by atoms with Gasteiger partial charge in [0.25, 0.3) is 5.91 Å². The third-order valence-corrected chi connectivity index (χ3v) is 5.90. The molecule has 1 unspecified atom stereocenters. The van der Waals surface area contributed by atoms with Crippen molar-refractivity contribution in [2.45, 2.75) is 12.5 Å². The zero-order valence-electron chi connectivity index (χ0n) is 18.8. The number of carbonyl (C=O) groups excluding carboxylic acids is 1. The van der Waals surface area contributed by atoms with Crippen LogP contribution in [0.5, 0.6) is 0 Å². The van der Waals surface area contributed by atoms with Gasteiger partial charge in [0.2, 0.25) is 0 Å². The van der Waals surface area contributed by atoms with Crippen LogP contribution in [-0.2, 0) is 0 Å². The summed E-state index contributed by atoms with van der Waals surface area (Å²) in [7, 11) is 4.10. The van der Waals surface area contributed by atoms with E-state index in [1.54, 1.807) is 0 Å². The number of nitrogens with zero attached hydrogens (tertiary/aromatic N) is 1. The van der Waals surface area contributed by atoms with E-state index in [2.05, 4.69) is 54.6 Å². The first-order valence-corrected chi connectivity index (χ1v) is 11.2. The van der Waals surface area contributed by atoms with E-state index in [4.69, 9.17) is 11.6 Å². The van der Waals surface area contributed by atoms with Crippen molar-refractivity contribution >= 4 is 40.7 Å². The largest absolute Gasteiger partial charge is 0.345 e. The second kappa shape index (κ2) is 11.3. The minimum atomic E-state index is -0.0753. The summed E-state index contributed by atoms with van der Waals surface area (Å²) in [5, 5.41) is 6.35. The highest BCUT2D eigenvalue weighted by Gasteiger charge is 2.17. The lowest BCUT2D eigenvalue weighted by Crippen LogP contribution is -2.31. The number of carbonyl (C=O) groups is 1. The Kier molecular flexibility index (Phi) is 8.51. The molecule has 0 saturated heterocycles. The molecule has 170 valence electrons. The van der Waals surface area contributed by atoms with Crippen LogP contribution >= 0.6 is 24.0 Å². The van der Waals surface area contributed by atoms with Gasteiger partial charge in [0.1, 0.15) is 0 Å². The average molecular weight is 479 g/mol. The molecule has 0 aliphatic carbocycles. The minimum Gasteiger partial charge on any atom is -0.345 e. The SMILES string of the molecule is CN(C)CCC(NC(=O)c1cccc(-c2ccc(Cl)cc2)c1)c1ccc2ccccc2c1.Cl. The van der Waals surface area contributed by atoms with Gasteiger partial charge >= 0.3 is 0 Å². The molecule has 1 amide bonds. The maximum absolute atomic E-state index is 13.2. The van der Waals surface area contributed by atoms with Crippen LogP contribution in [0.3, 0.4) is 0 Å². The normalized spacial score (nSPS) is 11.8. The predicted molar refractivity (Wildman–Crippen MR) is 141 cm³/mol. The number of amides is 1. The predicted octanol–water partition coefficient (Wildman–Crippen LogP) is 7.00. The highest BCUT2D eigenvalue weighted by molar-refractivity contribution is 6.30. The molecule has 1 atom stereocenters. The van der Waals surface area contributed by atoms with Crippen molar-refractivity contribution in [3.05, 3.63) is 107 Å². The number of nitrogens with one attached hydrogen (secondary N) is 1. The Morgan fingerprint density at radius 2 is 1.58 bits per heavy atom. The fourth-order valence-electron chi connectivity index (χ4n) is 3.86. The van der Waals surface area contributed by atoms with E-state index in [0.29, 0.717) is 10.6 Å². The van der Waals surface area contributed by atoms with Crippen molar-refractivity contribution in [1.82, 2.24) is 10.2 Å². The van der Waals surface area contributed by atoms with Crippen molar-refractivity contribution in [2.24, 2.45) is 0 Å². The first-order chi connectivity index (χ1) is 15.5. The van der Waals surface area contributed by atoms with Crippen LogP contribution < -0.4 is 5.32 Å². The Labute approximate surface area is 206 Å². The Morgan fingerprint density at radius 1 is 0.848 bits per heavy atom. The van der Waals surface area contributed by atoms with Crippen LogP contribution in [-0.4, -0.2) is 31.4 Å². The number of rotatable bonds is 7. The number of hydrogen-bond acceptors (Lipinski definition) is 2. The molecule has 0 bridgehead atoms. The van der Waals surface area contributed by atoms with Gasteiger partial charge in [-0.3, -0.25) is 4.79 Å². The molecular formula is C28H28Cl2N2O. The van der Waals surface area contributed by atoms with Crippen molar-refractivity contribution < 1.29 is 4.79 Å². The smallest absolute Gasteiger partial charge is 0.251 e. The van der Waals surface area contributed by atoms with Crippen LogP contribution in [0.15, 0.2) is 91.0 Å².